The Bertz CT molecular complexity index is 613. The molecule has 2 aromatic heterocycles. The van der Waals surface area contributed by atoms with Crippen molar-refractivity contribution in [2.75, 3.05) is 5.32 Å². The number of hydrogen-bond donors (Lipinski definition) is 1. The molecule has 3 heteroatoms. The van der Waals surface area contributed by atoms with Gasteiger partial charge in [0.2, 0.25) is 5.95 Å². The minimum atomic E-state index is 0.787. The summed E-state index contributed by atoms with van der Waals surface area (Å²) in [6, 6.07) is 16.4. The molecule has 3 aromatic rings. The average Bonchev–Trinajstić information content (AvgIpc) is 2.81. The number of fused-ring (bicyclic) bond motifs is 1. The SMILES string of the molecule is c1ccc(CNc2ncc3ccccn23)cc1. The van der Waals surface area contributed by atoms with E-state index < -0.39 is 0 Å². The normalized spacial score (nSPS) is 10.6. The molecule has 84 valence electrons. The average molecular weight is 223 g/mol. The molecule has 1 aromatic carbocycles. The largest absolute Gasteiger partial charge is 0.351 e. The highest BCUT2D eigenvalue weighted by molar-refractivity contribution is 5.51. The Morgan fingerprint density at radius 3 is 2.71 bits per heavy atom. The number of hydrogen-bond acceptors (Lipinski definition) is 2. The third kappa shape index (κ3) is 1.99. The summed E-state index contributed by atoms with van der Waals surface area (Å²) < 4.78 is 2.04. The monoisotopic (exact) mass is 223 g/mol. The lowest BCUT2D eigenvalue weighted by Gasteiger charge is -2.05. The Balaban J connectivity index is 1.82. The van der Waals surface area contributed by atoms with Crippen molar-refractivity contribution in [3.63, 3.8) is 0 Å². The van der Waals surface area contributed by atoms with Crippen LogP contribution in [0.15, 0.2) is 60.9 Å². The first-order chi connectivity index (χ1) is 8.43. The Kier molecular flexibility index (Phi) is 2.50. The smallest absolute Gasteiger partial charge is 0.207 e. The van der Waals surface area contributed by atoms with E-state index in [9.17, 15) is 0 Å². The second kappa shape index (κ2) is 4.29. The topological polar surface area (TPSA) is 29.3 Å². The van der Waals surface area contributed by atoms with Gasteiger partial charge in [-0.25, -0.2) is 4.98 Å². The molecule has 0 saturated carbocycles. The fourth-order valence-electron chi connectivity index (χ4n) is 1.85. The summed E-state index contributed by atoms with van der Waals surface area (Å²) in [6.45, 7) is 0.787. The summed E-state index contributed by atoms with van der Waals surface area (Å²) in [7, 11) is 0. The number of imidazole rings is 1. The maximum Gasteiger partial charge on any atom is 0.207 e. The van der Waals surface area contributed by atoms with E-state index in [1.165, 1.54) is 5.56 Å². The minimum Gasteiger partial charge on any atom is -0.351 e. The van der Waals surface area contributed by atoms with Crippen LogP contribution < -0.4 is 5.32 Å². The summed E-state index contributed by atoms with van der Waals surface area (Å²) in [4.78, 5) is 4.36. The number of nitrogens with zero attached hydrogens (tertiary/aromatic N) is 2. The predicted molar refractivity (Wildman–Crippen MR) is 69.0 cm³/mol. The van der Waals surface area contributed by atoms with Gasteiger partial charge in [-0.3, -0.25) is 4.40 Å². The summed E-state index contributed by atoms with van der Waals surface area (Å²) in [6.07, 6.45) is 3.88. The van der Waals surface area contributed by atoms with Crippen LogP contribution >= 0.6 is 0 Å². The van der Waals surface area contributed by atoms with Gasteiger partial charge in [-0.15, -0.1) is 0 Å². The first kappa shape index (κ1) is 9.90. The maximum atomic E-state index is 4.36. The number of rotatable bonds is 3. The zero-order valence-electron chi connectivity index (χ0n) is 9.38. The molecule has 1 N–H and O–H groups in total. The molecule has 0 bridgehead atoms. The van der Waals surface area contributed by atoms with Crippen molar-refractivity contribution in [1.82, 2.24) is 9.38 Å². The van der Waals surface area contributed by atoms with E-state index in [2.05, 4.69) is 22.4 Å². The number of anilines is 1. The van der Waals surface area contributed by atoms with Crippen LogP contribution in [-0.4, -0.2) is 9.38 Å². The highest BCUT2D eigenvalue weighted by Gasteiger charge is 2.01. The van der Waals surface area contributed by atoms with E-state index in [1.54, 1.807) is 0 Å². The number of aromatic nitrogens is 2. The van der Waals surface area contributed by atoms with Crippen LogP contribution in [-0.2, 0) is 6.54 Å². The predicted octanol–water partition coefficient (Wildman–Crippen LogP) is 2.95. The van der Waals surface area contributed by atoms with Gasteiger partial charge in [-0.1, -0.05) is 36.4 Å². The zero-order valence-corrected chi connectivity index (χ0v) is 9.38. The molecule has 3 nitrogen and oxygen atoms in total. The summed E-state index contributed by atoms with van der Waals surface area (Å²) in [5, 5.41) is 3.34. The Morgan fingerprint density at radius 1 is 1.00 bits per heavy atom. The maximum absolute atomic E-state index is 4.36. The Morgan fingerprint density at radius 2 is 1.82 bits per heavy atom. The van der Waals surface area contributed by atoms with E-state index >= 15 is 0 Å². The second-order valence-electron chi connectivity index (χ2n) is 3.92. The number of benzene rings is 1. The van der Waals surface area contributed by atoms with Gasteiger partial charge < -0.3 is 5.32 Å². The van der Waals surface area contributed by atoms with Crippen molar-refractivity contribution in [1.29, 1.82) is 0 Å². The van der Waals surface area contributed by atoms with Crippen LogP contribution in [0.2, 0.25) is 0 Å². The van der Waals surface area contributed by atoms with Gasteiger partial charge in [0.1, 0.15) is 0 Å². The van der Waals surface area contributed by atoms with Crippen LogP contribution in [0.25, 0.3) is 5.52 Å². The van der Waals surface area contributed by atoms with Crippen LogP contribution in [0.1, 0.15) is 5.56 Å². The summed E-state index contributed by atoms with van der Waals surface area (Å²) >= 11 is 0. The van der Waals surface area contributed by atoms with Crippen molar-refractivity contribution in [3.05, 3.63) is 66.5 Å². The van der Waals surface area contributed by atoms with Gasteiger partial charge in [0.05, 0.1) is 11.7 Å². The first-order valence-corrected chi connectivity index (χ1v) is 5.63. The van der Waals surface area contributed by atoms with Crippen LogP contribution in [0.3, 0.4) is 0 Å². The molecule has 0 spiro atoms. The van der Waals surface area contributed by atoms with Gasteiger partial charge in [-0.2, -0.15) is 0 Å². The van der Waals surface area contributed by atoms with E-state index in [0.29, 0.717) is 0 Å². The molecule has 0 aliphatic heterocycles. The van der Waals surface area contributed by atoms with Crippen molar-refractivity contribution in [2.24, 2.45) is 0 Å². The van der Waals surface area contributed by atoms with E-state index in [-0.39, 0.29) is 0 Å². The number of pyridine rings is 1. The van der Waals surface area contributed by atoms with Crippen molar-refractivity contribution in [3.8, 4) is 0 Å². The zero-order chi connectivity index (χ0) is 11.5. The minimum absolute atomic E-state index is 0.787. The Hall–Kier alpha value is -2.29. The van der Waals surface area contributed by atoms with Gasteiger partial charge >= 0.3 is 0 Å². The van der Waals surface area contributed by atoms with Crippen molar-refractivity contribution < 1.29 is 0 Å². The van der Waals surface area contributed by atoms with Crippen molar-refractivity contribution in [2.45, 2.75) is 6.54 Å². The lowest BCUT2D eigenvalue weighted by Crippen LogP contribution is -2.02. The molecule has 3 rings (SSSR count). The van der Waals surface area contributed by atoms with E-state index in [0.717, 1.165) is 18.0 Å². The molecule has 17 heavy (non-hydrogen) atoms. The first-order valence-electron chi connectivity index (χ1n) is 5.63. The molecular weight excluding hydrogens is 210 g/mol. The van der Waals surface area contributed by atoms with Gasteiger partial charge in [-0.05, 0) is 17.7 Å². The van der Waals surface area contributed by atoms with Gasteiger partial charge in [0.15, 0.2) is 0 Å². The van der Waals surface area contributed by atoms with E-state index in [4.69, 9.17) is 0 Å². The standard InChI is InChI=1S/C14H13N3/c1-2-6-12(7-3-1)10-15-14-16-11-13-8-4-5-9-17(13)14/h1-9,11H,10H2,(H,15,16). The molecule has 0 fully saturated rings. The molecule has 0 amide bonds. The second-order valence-corrected chi connectivity index (χ2v) is 3.92. The lowest BCUT2D eigenvalue weighted by molar-refractivity contribution is 1.05. The highest BCUT2D eigenvalue weighted by atomic mass is 15.2. The molecule has 2 heterocycles. The van der Waals surface area contributed by atoms with E-state index in [1.807, 2.05) is 53.2 Å². The molecule has 0 unspecified atom stereocenters. The highest BCUT2D eigenvalue weighted by Crippen LogP contribution is 2.11. The number of nitrogens with one attached hydrogen (secondary N) is 1. The molecule has 0 atom stereocenters. The third-order valence-electron chi connectivity index (χ3n) is 2.73. The molecule has 0 saturated heterocycles. The fraction of sp³-hybridized carbons (Fsp3) is 0.0714. The van der Waals surface area contributed by atoms with Crippen molar-refractivity contribution >= 4 is 11.5 Å². The molecule has 0 aliphatic rings. The quantitative estimate of drug-likeness (QED) is 0.739. The van der Waals surface area contributed by atoms with Crippen LogP contribution in [0.4, 0.5) is 5.95 Å². The molecular formula is C14H13N3. The summed E-state index contributed by atoms with van der Waals surface area (Å²) in [5.74, 6) is 0.879. The van der Waals surface area contributed by atoms with Gasteiger partial charge in [0.25, 0.3) is 0 Å². The van der Waals surface area contributed by atoms with Crippen LogP contribution in [0, 0.1) is 0 Å². The fourth-order valence-corrected chi connectivity index (χ4v) is 1.85. The third-order valence-corrected chi connectivity index (χ3v) is 2.73. The summed E-state index contributed by atoms with van der Waals surface area (Å²) in [5.41, 5.74) is 2.35. The molecule has 0 radical (unpaired) electrons. The van der Waals surface area contributed by atoms with Crippen LogP contribution in [0.5, 0.6) is 0 Å². The lowest BCUT2D eigenvalue weighted by atomic mass is 10.2. The van der Waals surface area contributed by atoms with Gasteiger partial charge in [0, 0.05) is 12.7 Å². The Labute approximate surface area is 99.7 Å². The molecule has 0 aliphatic carbocycles.